The molecule has 0 aliphatic heterocycles. The number of hydrogen-bond acceptors (Lipinski definition) is 5. The van der Waals surface area contributed by atoms with Crippen molar-refractivity contribution in [2.45, 2.75) is 0 Å². The molecule has 0 radical (unpaired) electrons. The van der Waals surface area contributed by atoms with Crippen LogP contribution in [0.3, 0.4) is 0 Å². The SMILES string of the molecule is N#Cc1ccc(Nc2nc(N)cs2)cc1. The maximum atomic E-state index is 8.62. The molecule has 1 heterocycles. The number of hydrogen-bond donors (Lipinski definition) is 2. The Kier molecular flexibility index (Phi) is 2.52. The molecule has 0 saturated heterocycles. The van der Waals surface area contributed by atoms with Crippen molar-refractivity contribution in [1.82, 2.24) is 4.98 Å². The van der Waals surface area contributed by atoms with Crippen molar-refractivity contribution in [2.75, 3.05) is 11.1 Å². The predicted octanol–water partition coefficient (Wildman–Crippen LogP) is 2.34. The topological polar surface area (TPSA) is 74.7 Å². The molecule has 0 aliphatic rings. The van der Waals surface area contributed by atoms with E-state index in [-0.39, 0.29) is 0 Å². The average Bonchev–Trinajstić information content (AvgIpc) is 2.65. The van der Waals surface area contributed by atoms with Crippen LogP contribution in [0.15, 0.2) is 29.6 Å². The number of benzene rings is 1. The van der Waals surface area contributed by atoms with Crippen LogP contribution in [0.1, 0.15) is 5.56 Å². The van der Waals surface area contributed by atoms with Crippen molar-refractivity contribution in [1.29, 1.82) is 5.26 Å². The van der Waals surface area contributed by atoms with Crippen molar-refractivity contribution in [3.05, 3.63) is 35.2 Å². The van der Waals surface area contributed by atoms with Crippen LogP contribution in [-0.4, -0.2) is 4.98 Å². The van der Waals surface area contributed by atoms with Gasteiger partial charge in [0.25, 0.3) is 0 Å². The fourth-order valence-corrected chi connectivity index (χ4v) is 1.72. The van der Waals surface area contributed by atoms with E-state index in [4.69, 9.17) is 11.0 Å². The number of nitriles is 1. The number of rotatable bonds is 2. The third-order valence-corrected chi connectivity index (χ3v) is 2.56. The molecule has 5 heteroatoms. The van der Waals surface area contributed by atoms with Gasteiger partial charge in [-0.3, -0.25) is 0 Å². The maximum absolute atomic E-state index is 8.62. The molecule has 0 amide bonds. The lowest BCUT2D eigenvalue weighted by molar-refractivity contribution is 1.39. The molecule has 74 valence electrons. The largest absolute Gasteiger partial charge is 0.383 e. The highest BCUT2D eigenvalue weighted by Gasteiger charge is 1.99. The highest BCUT2D eigenvalue weighted by Crippen LogP contribution is 2.21. The third kappa shape index (κ3) is 2.24. The first-order valence-corrected chi connectivity index (χ1v) is 5.14. The molecule has 1 aromatic carbocycles. The predicted molar refractivity (Wildman–Crippen MR) is 61.0 cm³/mol. The van der Waals surface area contributed by atoms with Gasteiger partial charge in [-0.2, -0.15) is 5.26 Å². The van der Waals surface area contributed by atoms with E-state index >= 15 is 0 Å². The number of anilines is 3. The Morgan fingerprint density at radius 3 is 2.60 bits per heavy atom. The van der Waals surface area contributed by atoms with Gasteiger partial charge in [0.15, 0.2) is 5.13 Å². The molecule has 3 N–H and O–H groups in total. The summed E-state index contributed by atoms with van der Waals surface area (Å²) in [6, 6.07) is 9.22. The van der Waals surface area contributed by atoms with Crippen LogP contribution >= 0.6 is 11.3 Å². The third-order valence-electron chi connectivity index (χ3n) is 1.79. The number of aromatic nitrogens is 1. The molecule has 0 spiro atoms. The molecular formula is C10H8N4S. The number of nitrogens with zero attached hydrogens (tertiary/aromatic N) is 2. The van der Waals surface area contributed by atoms with Gasteiger partial charge >= 0.3 is 0 Å². The Labute approximate surface area is 91.0 Å². The van der Waals surface area contributed by atoms with Gasteiger partial charge in [-0.15, -0.1) is 11.3 Å². The summed E-state index contributed by atoms with van der Waals surface area (Å²) in [6.45, 7) is 0. The molecule has 15 heavy (non-hydrogen) atoms. The van der Waals surface area contributed by atoms with E-state index in [0.29, 0.717) is 11.4 Å². The second-order valence-electron chi connectivity index (χ2n) is 2.89. The second kappa shape index (κ2) is 3.98. The van der Waals surface area contributed by atoms with Crippen molar-refractivity contribution in [3.8, 4) is 6.07 Å². The van der Waals surface area contributed by atoms with E-state index in [0.717, 1.165) is 10.8 Å². The smallest absolute Gasteiger partial charge is 0.189 e. The molecule has 2 aromatic rings. The molecule has 0 saturated carbocycles. The Hall–Kier alpha value is -2.06. The summed E-state index contributed by atoms with van der Waals surface area (Å²) >= 11 is 1.44. The highest BCUT2D eigenvalue weighted by atomic mass is 32.1. The average molecular weight is 216 g/mol. The van der Waals surface area contributed by atoms with Gasteiger partial charge < -0.3 is 11.1 Å². The van der Waals surface area contributed by atoms with Crippen molar-refractivity contribution < 1.29 is 0 Å². The molecule has 4 nitrogen and oxygen atoms in total. The summed E-state index contributed by atoms with van der Waals surface area (Å²) in [4.78, 5) is 4.07. The van der Waals surface area contributed by atoms with E-state index in [2.05, 4.69) is 16.4 Å². The van der Waals surface area contributed by atoms with Gasteiger partial charge in [-0.05, 0) is 24.3 Å². The number of nitrogens with two attached hydrogens (primary N) is 1. The minimum Gasteiger partial charge on any atom is -0.383 e. The zero-order chi connectivity index (χ0) is 10.7. The molecule has 0 aliphatic carbocycles. The highest BCUT2D eigenvalue weighted by molar-refractivity contribution is 7.14. The van der Waals surface area contributed by atoms with Gasteiger partial charge in [0.1, 0.15) is 5.82 Å². The fraction of sp³-hybridized carbons (Fsp3) is 0. The molecular weight excluding hydrogens is 208 g/mol. The molecule has 2 rings (SSSR count). The van der Waals surface area contributed by atoms with Gasteiger partial charge in [-0.1, -0.05) is 0 Å². The van der Waals surface area contributed by atoms with Crippen LogP contribution in [0.2, 0.25) is 0 Å². The lowest BCUT2D eigenvalue weighted by atomic mass is 10.2. The van der Waals surface area contributed by atoms with Crippen LogP contribution in [0, 0.1) is 11.3 Å². The summed E-state index contributed by atoms with van der Waals surface area (Å²) in [5, 5.41) is 14.2. The zero-order valence-electron chi connectivity index (χ0n) is 7.77. The lowest BCUT2D eigenvalue weighted by Gasteiger charge is -2.01. The van der Waals surface area contributed by atoms with Crippen LogP contribution in [0.5, 0.6) is 0 Å². The minimum atomic E-state index is 0.510. The fourth-order valence-electron chi connectivity index (χ4n) is 1.10. The molecule has 0 fully saturated rings. The summed E-state index contributed by atoms with van der Waals surface area (Å²) in [5.74, 6) is 0.510. The molecule has 0 unspecified atom stereocenters. The van der Waals surface area contributed by atoms with Crippen molar-refractivity contribution in [2.24, 2.45) is 0 Å². The van der Waals surface area contributed by atoms with Crippen molar-refractivity contribution >= 4 is 28.0 Å². The Bertz CT molecular complexity index is 495. The number of thiazole rings is 1. The first kappa shape index (κ1) is 9.49. The van der Waals surface area contributed by atoms with E-state index < -0.39 is 0 Å². The van der Waals surface area contributed by atoms with Crippen LogP contribution < -0.4 is 11.1 Å². The molecule has 0 bridgehead atoms. The van der Waals surface area contributed by atoms with Gasteiger partial charge in [0.05, 0.1) is 11.6 Å². The van der Waals surface area contributed by atoms with Crippen molar-refractivity contribution in [3.63, 3.8) is 0 Å². The quantitative estimate of drug-likeness (QED) is 0.808. The standard InChI is InChI=1S/C10H8N4S/c11-5-7-1-3-8(4-2-7)13-10-14-9(12)6-15-10/h1-4,6H,12H2,(H,13,14). The second-order valence-corrected chi connectivity index (χ2v) is 3.75. The molecule has 1 aromatic heterocycles. The van der Waals surface area contributed by atoms with E-state index in [9.17, 15) is 0 Å². The first-order valence-electron chi connectivity index (χ1n) is 4.26. The van der Waals surface area contributed by atoms with E-state index in [1.165, 1.54) is 11.3 Å². The number of nitrogens with one attached hydrogen (secondary N) is 1. The maximum Gasteiger partial charge on any atom is 0.189 e. The van der Waals surface area contributed by atoms with E-state index in [1.807, 2.05) is 12.1 Å². The normalized spacial score (nSPS) is 9.53. The van der Waals surface area contributed by atoms with E-state index in [1.54, 1.807) is 17.5 Å². The van der Waals surface area contributed by atoms with Gasteiger partial charge in [0.2, 0.25) is 0 Å². The lowest BCUT2D eigenvalue weighted by Crippen LogP contribution is -1.90. The Morgan fingerprint density at radius 1 is 1.33 bits per heavy atom. The first-order chi connectivity index (χ1) is 7.28. The van der Waals surface area contributed by atoms with Gasteiger partial charge in [0, 0.05) is 11.1 Å². The minimum absolute atomic E-state index is 0.510. The van der Waals surface area contributed by atoms with Gasteiger partial charge in [-0.25, -0.2) is 4.98 Å². The molecule has 0 atom stereocenters. The number of nitrogen functional groups attached to an aromatic ring is 1. The van der Waals surface area contributed by atoms with Crippen LogP contribution in [0.4, 0.5) is 16.6 Å². The van der Waals surface area contributed by atoms with Crippen LogP contribution in [-0.2, 0) is 0 Å². The summed E-state index contributed by atoms with van der Waals surface area (Å²) in [5.41, 5.74) is 7.02. The monoisotopic (exact) mass is 216 g/mol. The Morgan fingerprint density at radius 2 is 2.07 bits per heavy atom. The summed E-state index contributed by atoms with van der Waals surface area (Å²) in [7, 11) is 0. The Balaban J connectivity index is 2.15. The summed E-state index contributed by atoms with van der Waals surface area (Å²) < 4.78 is 0. The zero-order valence-corrected chi connectivity index (χ0v) is 8.58. The van der Waals surface area contributed by atoms with Crippen LogP contribution in [0.25, 0.3) is 0 Å². The summed E-state index contributed by atoms with van der Waals surface area (Å²) in [6.07, 6.45) is 0.